The molecule has 0 radical (unpaired) electrons. The summed E-state index contributed by atoms with van der Waals surface area (Å²) in [6.45, 7) is 0. The summed E-state index contributed by atoms with van der Waals surface area (Å²) in [5.74, 6) is 1.19. The van der Waals surface area contributed by atoms with Crippen molar-refractivity contribution in [3.8, 4) is 23.0 Å². The molecule has 0 saturated carbocycles. The molecule has 128 valence electrons. The highest BCUT2D eigenvalue weighted by Crippen LogP contribution is 2.31. The first kappa shape index (κ1) is 16.0. The number of rotatable bonds is 4. The molecule has 4 aromatic rings. The minimum atomic E-state index is 0.124. The third kappa shape index (κ3) is 3.07. The maximum absolute atomic E-state index is 9.94. The predicted octanol–water partition coefficient (Wildman–Crippen LogP) is 4.00. The van der Waals surface area contributed by atoms with Crippen LogP contribution in [0.25, 0.3) is 22.4 Å². The number of nitrogens with zero attached hydrogens (tertiary/aromatic N) is 3. The average Bonchev–Trinajstić information content (AvgIpc) is 2.68. The monoisotopic (exact) mass is 343 g/mol. The standard InChI is InChI=1S/C21H17N3O2/c1-26-20-14(7-4-11-19(20)25)12-16-8-5-10-18(23-16)21-22-13-15-6-2-3-9-17(15)24-21/h2-11,13,25H,12H2,1H3. The second kappa shape index (κ2) is 6.80. The van der Waals surface area contributed by atoms with Gasteiger partial charge in [0, 0.05) is 29.3 Å². The molecule has 0 atom stereocenters. The van der Waals surface area contributed by atoms with Crippen molar-refractivity contribution in [2.45, 2.75) is 6.42 Å². The third-order valence-electron chi connectivity index (χ3n) is 4.18. The van der Waals surface area contributed by atoms with Gasteiger partial charge in [-0.1, -0.05) is 36.4 Å². The number of methoxy groups -OCH3 is 1. The van der Waals surface area contributed by atoms with Gasteiger partial charge in [0.2, 0.25) is 0 Å². The molecule has 5 heteroatoms. The molecule has 2 heterocycles. The number of pyridine rings is 1. The molecule has 2 aromatic carbocycles. The van der Waals surface area contributed by atoms with Crippen LogP contribution in [0, 0.1) is 0 Å². The fourth-order valence-corrected chi connectivity index (χ4v) is 2.94. The van der Waals surface area contributed by atoms with E-state index in [9.17, 15) is 5.11 Å². The molecule has 0 spiro atoms. The highest BCUT2D eigenvalue weighted by Gasteiger charge is 2.11. The minimum absolute atomic E-state index is 0.124. The van der Waals surface area contributed by atoms with Crippen molar-refractivity contribution in [3.63, 3.8) is 0 Å². The minimum Gasteiger partial charge on any atom is -0.504 e. The van der Waals surface area contributed by atoms with Gasteiger partial charge in [0.05, 0.1) is 12.6 Å². The van der Waals surface area contributed by atoms with Gasteiger partial charge in [-0.3, -0.25) is 0 Å². The van der Waals surface area contributed by atoms with Crippen LogP contribution >= 0.6 is 0 Å². The molecule has 26 heavy (non-hydrogen) atoms. The summed E-state index contributed by atoms with van der Waals surface area (Å²) in [7, 11) is 1.55. The molecule has 1 N–H and O–H groups in total. The van der Waals surface area contributed by atoms with Crippen molar-refractivity contribution in [2.75, 3.05) is 7.11 Å². The Hall–Kier alpha value is -3.47. The molecule has 0 bridgehead atoms. The van der Waals surface area contributed by atoms with Crippen LogP contribution in [0.1, 0.15) is 11.3 Å². The second-order valence-corrected chi connectivity index (χ2v) is 5.91. The SMILES string of the molecule is COc1c(O)cccc1Cc1cccc(-c2ncc3ccccc3n2)n1. The van der Waals surface area contributed by atoms with E-state index in [1.165, 1.54) is 0 Å². The van der Waals surface area contributed by atoms with Gasteiger partial charge in [-0.25, -0.2) is 15.0 Å². The van der Waals surface area contributed by atoms with Gasteiger partial charge in [0.1, 0.15) is 5.69 Å². The molecule has 0 unspecified atom stereocenters. The van der Waals surface area contributed by atoms with Gasteiger partial charge in [-0.15, -0.1) is 0 Å². The number of benzene rings is 2. The summed E-state index contributed by atoms with van der Waals surface area (Å²) >= 11 is 0. The Balaban J connectivity index is 1.69. The summed E-state index contributed by atoms with van der Waals surface area (Å²) in [5.41, 5.74) is 3.33. The van der Waals surface area contributed by atoms with Crippen molar-refractivity contribution < 1.29 is 9.84 Å². The zero-order valence-electron chi connectivity index (χ0n) is 14.3. The Kier molecular flexibility index (Phi) is 4.19. The lowest BCUT2D eigenvalue weighted by molar-refractivity contribution is 0.370. The fourth-order valence-electron chi connectivity index (χ4n) is 2.94. The van der Waals surface area contributed by atoms with Gasteiger partial charge < -0.3 is 9.84 Å². The number of hydrogen-bond acceptors (Lipinski definition) is 5. The van der Waals surface area contributed by atoms with Crippen LogP contribution in [0.3, 0.4) is 0 Å². The van der Waals surface area contributed by atoms with Crippen LogP contribution in [0.5, 0.6) is 11.5 Å². The zero-order valence-corrected chi connectivity index (χ0v) is 14.3. The Morgan fingerprint density at radius 1 is 0.923 bits per heavy atom. The molecule has 0 aliphatic carbocycles. The van der Waals surface area contributed by atoms with E-state index in [1.54, 1.807) is 19.2 Å². The fraction of sp³-hybridized carbons (Fsp3) is 0.0952. The zero-order chi connectivity index (χ0) is 17.9. The Morgan fingerprint density at radius 2 is 1.77 bits per heavy atom. The summed E-state index contributed by atoms with van der Waals surface area (Å²) in [4.78, 5) is 13.7. The first-order chi connectivity index (χ1) is 12.7. The van der Waals surface area contributed by atoms with E-state index >= 15 is 0 Å². The summed E-state index contributed by atoms with van der Waals surface area (Å²) < 4.78 is 5.31. The Morgan fingerprint density at radius 3 is 2.65 bits per heavy atom. The van der Waals surface area contributed by atoms with Gasteiger partial charge in [0.25, 0.3) is 0 Å². The van der Waals surface area contributed by atoms with Crippen molar-refractivity contribution in [3.05, 3.63) is 78.1 Å². The molecule has 2 aromatic heterocycles. The van der Waals surface area contributed by atoms with E-state index in [0.717, 1.165) is 22.2 Å². The number of hydrogen-bond donors (Lipinski definition) is 1. The maximum atomic E-state index is 9.94. The van der Waals surface area contributed by atoms with Gasteiger partial charge in [-0.05, 0) is 24.3 Å². The first-order valence-corrected chi connectivity index (χ1v) is 8.27. The highest BCUT2D eigenvalue weighted by molar-refractivity contribution is 5.79. The topological polar surface area (TPSA) is 68.1 Å². The summed E-state index contributed by atoms with van der Waals surface area (Å²) in [6.07, 6.45) is 2.35. The smallest absolute Gasteiger partial charge is 0.178 e. The molecule has 0 fully saturated rings. The number of phenols is 1. The molecule has 4 rings (SSSR count). The van der Waals surface area contributed by atoms with Gasteiger partial charge in [-0.2, -0.15) is 0 Å². The normalized spacial score (nSPS) is 10.8. The van der Waals surface area contributed by atoms with E-state index in [4.69, 9.17) is 4.74 Å². The quantitative estimate of drug-likeness (QED) is 0.607. The maximum Gasteiger partial charge on any atom is 0.178 e. The van der Waals surface area contributed by atoms with Crippen LogP contribution in [0.2, 0.25) is 0 Å². The summed E-state index contributed by atoms with van der Waals surface area (Å²) in [6, 6.07) is 19.0. The van der Waals surface area contributed by atoms with Gasteiger partial charge in [0.15, 0.2) is 17.3 Å². The average molecular weight is 343 g/mol. The number of fused-ring (bicyclic) bond motifs is 1. The highest BCUT2D eigenvalue weighted by atomic mass is 16.5. The van der Waals surface area contributed by atoms with Crippen molar-refractivity contribution in [2.24, 2.45) is 0 Å². The Labute approximate surface area is 151 Å². The van der Waals surface area contributed by atoms with Crippen LogP contribution in [-0.4, -0.2) is 27.2 Å². The van der Waals surface area contributed by atoms with Gasteiger partial charge >= 0.3 is 0 Å². The molecule has 0 aliphatic rings. The lowest BCUT2D eigenvalue weighted by Gasteiger charge is -2.10. The van der Waals surface area contributed by atoms with E-state index < -0.39 is 0 Å². The lowest BCUT2D eigenvalue weighted by atomic mass is 10.1. The predicted molar refractivity (Wildman–Crippen MR) is 100 cm³/mol. The van der Waals surface area contributed by atoms with Crippen molar-refractivity contribution in [1.29, 1.82) is 0 Å². The number of aromatic hydroxyl groups is 1. The van der Waals surface area contributed by atoms with Crippen molar-refractivity contribution in [1.82, 2.24) is 15.0 Å². The van der Waals surface area contributed by atoms with E-state index in [0.29, 0.717) is 23.7 Å². The van der Waals surface area contributed by atoms with Crippen LogP contribution in [-0.2, 0) is 6.42 Å². The first-order valence-electron chi connectivity index (χ1n) is 8.27. The third-order valence-corrected chi connectivity index (χ3v) is 4.18. The number of ether oxygens (including phenoxy) is 1. The van der Waals surface area contributed by atoms with E-state index in [-0.39, 0.29) is 5.75 Å². The molecular weight excluding hydrogens is 326 g/mol. The van der Waals surface area contributed by atoms with Crippen LogP contribution < -0.4 is 4.74 Å². The molecular formula is C21H17N3O2. The second-order valence-electron chi connectivity index (χ2n) is 5.91. The summed E-state index contributed by atoms with van der Waals surface area (Å²) in [5, 5.41) is 10.9. The molecule has 0 amide bonds. The molecule has 0 saturated heterocycles. The van der Waals surface area contributed by atoms with E-state index in [2.05, 4.69) is 15.0 Å². The van der Waals surface area contributed by atoms with Crippen LogP contribution in [0.15, 0.2) is 66.9 Å². The Bertz CT molecular complexity index is 1080. The number of para-hydroxylation sites is 2. The molecule has 5 nitrogen and oxygen atoms in total. The number of phenolic OH excluding ortho intramolecular Hbond substituents is 1. The molecule has 0 aliphatic heterocycles. The van der Waals surface area contributed by atoms with E-state index in [1.807, 2.05) is 54.7 Å². The lowest BCUT2D eigenvalue weighted by Crippen LogP contribution is -1.99. The largest absolute Gasteiger partial charge is 0.504 e. The van der Waals surface area contributed by atoms with Crippen LogP contribution in [0.4, 0.5) is 0 Å². The number of aromatic nitrogens is 3. The van der Waals surface area contributed by atoms with Crippen molar-refractivity contribution >= 4 is 10.9 Å².